The lowest BCUT2D eigenvalue weighted by Crippen LogP contribution is -2.45. The molecule has 0 amide bonds. The van der Waals surface area contributed by atoms with E-state index in [1.54, 1.807) is 23.5 Å². The van der Waals surface area contributed by atoms with Gasteiger partial charge in [0.05, 0.1) is 6.04 Å². The Labute approximate surface area is 174 Å². The summed E-state index contributed by atoms with van der Waals surface area (Å²) in [7, 11) is 0. The molecule has 1 saturated heterocycles. The fourth-order valence-corrected chi connectivity index (χ4v) is 4.42. The maximum Gasteiger partial charge on any atom is 0.573 e. The molecular formula is C16H18BrCl2F3N2OS. The molecule has 2 aromatic rings. The lowest BCUT2D eigenvalue weighted by Gasteiger charge is -2.34. The van der Waals surface area contributed by atoms with Gasteiger partial charge in [-0.25, -0.2) is 0 Å². The predicted octanol–water partition coefficient (Wildman–Crippen LogP) is 5.25. The van der Waals surface area contributed by atoms with Crippen LogP contribution in [-0.4, -0.2) is 37.4 Å². The fraction of sp³-hybridized carbons (Fsp3) is 0.375. The summed E-state index contributed by atoms with van der Waals surface area (Å²) >= 11 is 5.12. The first kappa shape index (κ1) is 23.5. The molecule has 2 heterocycles. The normalized spacial score (nSPS) is 16.3. The molecule has 1 aliphatic heterocycles. The number of alkyl halides is 3. The highest BCUT2D eigenvalue weighted by atomic mass is 79.9. The van der Waals surface area contributed by atoms with Crippen LogP contribution in [0.3, 0.4) is 0 Å². The van der Waals surface area contributed by atoms with Gasteiger partial charge in [0.1, 0.15) is 5.75 Å². The van der Waals surface area contributed by atoms with E-state index in [4.69, 9.17) is 0 Å². The van der Waals surface area contributed by atoms with Gasteiger partial charge in [-0.2, -0.15) is 0 Å². The number of halogens is 6. The summed E-state index contributed by atoms with van der Waals surface area (Å²) in [5, 5.41) is 5.34. The van der Waals surface area contributed by atoms with Crippen molar-refractivity contribution >= 4 is 52.1 Å². The third-order valence-electron chi connectivity index (χ3n) is 3.80. The minimum Gasteiger partial charge on any atom is -0.406 e. The Bertz CT molecular complexity index is 679. The van der Waals surface area contributed by atoms with E-state index in [-0.39, 0.29) is 36.6 Å². The zero-order valence-corrected chi connectivity index (χ0v) is 17.5. The van der Waals surface area contributed by atoms with Gasteiger partial charge in [-0.1, -0.05) is 12.1 Å². The molecular weight excluding hydrogens is 476 g/mol. The zero-order chi connectivity index (χ0) is 17.2. The molecule has 1 atom stereocenters. The number of hydrogen-bond donors (Lipinski definition) is 1. The second-order valence-corrected chi connectivity index (χ2v) is 7.33. The number of nitrogens with zero attached hydrogens (tertiary/aromatic N) is 1. The van der Waals surface area contributed by atoms with Crippen molar-refractivity contribution in [2.45, 2.75) is 12.4 Å². The van der Waals surface area contributed by atoms with E-state index >= 15 is 0 Å². The van der Waals surface area contributed by atoms with Crippen LogP contribution in [-0.2, 0) is 0 Å². The molecule has 0 aliphatic carbocycles. The molecule has 0 unspecified atom stereocenters. The van der Waals surface area contributed by atoms with Crippen molar-refractivity contribution in [2.75, 3.05) is 26.2 Å². The lowest BCUT2D eigenvalue weighted by molar-refractivity contribution is -0.274. The van der Waals surface area contributed by atoms with E-state index in [9.17, 15) is 13.2 Å². The molecule has 0 saturated carbocycles. The molecule has 1 aromatic heterocycles. The van der Waals surface area contributed by atoms with Gasteiger partial charge in [0.15, 0.2) is 0 Å². The summed E-state index contributed by atoms with van der Waals surface area (Å²) in [6.45, 7) is 3.58. The van der Waals surface area contributed by atoms with Crippen LogP contribution in [0.25, 0.3) is 0 Å². The summed E-state index contributed by atoms with van der Waals surface area (Å²) in [5.74, 6) is -0.197. The van der Waals surface area contributed by atoms with Crippen molar-refractivity contribution in [1.82, 2.24) is 10.2 Å². The molecule has 1 fully saturated rings. The molecule has 1 aromatic carbocycles. The average molecular weight is 494 g/mol. The number of thiophene rings is 1. The average Bonchev–Trinajstić information content (AvgIpc) is 2.95. The highest BCUT2D eigenvalue weighted by Crippen LogP contribution is 2.35. The SMILES string of the molecule is Cl.Cl.FC(F)(F)Oc1ccc([C@@H](c2cc(Br)cs2)N2CCNCC2)cc1. The fourth-order valence-electron chi connectivity index (χ4n) is 2.82. The van der Waals surface area contributed by atoms with Crippen LogP contribution in [0, 0.1) is 0 Å². The first-order valence-electron chi connectivity index (χ1n) is 7.47. The Morgan fingerprint density at radius 3 is 2.23 bits per heavy atom. The number of piperazine rings is 1. The molecule has 0 radical (unpaired) electrons. The molecule has 26 heavy (non-hydrogen) atoms. The van der Waals surface area contributed by atoms with E-state index in [1.165, 1.54) is 12.1 Å². The maximum atomic E-state index is 12.3. The van der Waals surface area contributed by atoms with E-state index in [0.29, 0.717) is 0 Å². The van der Waals surface area contributed by atoms with Crippen molar-refractivity contribution in [1.29, 1.82) is 0 Å². The summed E-state index contributed by atoms with van der Waals surface area (Å²) < 4.78 is 41.9. The van der Waals surface area contributed by atoms with Gasteiger partial charge in [-0.3, -0.25) is 4.90 Å². The van der Waals surface area contributed by atoms with E-state index in [0.717, 1.165) is 41.1 Å². The number of nitrogens with one attached hydrogen (secondary N) is 1. The monoisotopic (exact) mass is 492 g/mol. The molecule has 10 heteroatoms. The van der Waals surface area contributed by atoms with Gasteiger partial charge in [-0.05, 0) is 39.7 Å². The van der Waals surface area contributed by atoms with Crippen LogP contribution >= 0.6 is 52.1 Å². The molecule has 1 aliphatic rings. The highest BCUT2D eigenvalue weighted by molar-refractivity contribution is 9.10. The van der Waals surface area contributed by atoms with Gasteiger partial charge < -0.3 is 10.1 Å². The summed E-state index contributed by atoms with van der Waals surface area (Å²) in [6, 6.07) is 8.27. The maximum absolute atomic E-state index is 12.3. The molecule has 1 N–H and O–H groups in total. The quantitative estimate of drug-likeness (QED) is 0.629. The Hall–Kier alpha value is -0.510. The smallest absolute Gasteiger partial charge is 0.406 e. The van der Waals surface area contributed by atoms with Crippen molar-refractivity contribution in [2.24, 2.45) is 0 Å². The van der Waals surface area contributed by atoms with Crippen molar-refractivity contribution in [3.05, 3.63) is 50.6 Å². The molecule has 0 bridgehead atoms. The van der Waals surface area contributed by atoms with Crippen LogP contribution < -0.4 is 10.1 Å². The first-order valence-corrected chi connectivity index (χ1v) is 9.14. The minimum absolute atomic E-state index is 0. The second kappa shape index (κ2) is 10.1. The third kappa shape index (κ3) is 6.28. The Balaban J connectivity index is 0.00000169. The Morgan fingerprint density at radius 2 is 1.73 bits per heavy atom. The van der Waals surface area contributed by atoms with Crippen LogP contribution in [0.2, 0.25) is 0 Å². The number of ether oxygens (including phenoxy) is 1. The number of hydrogen-bond acceptors (Lipinski definition) is 4. The van der Waals surface area contributed by atoms with Gasteiger partial charge in [0.2, 0.25) is 0 Å². The Kier molecular flexibility index (Phi) is 9.18. The minimum atomic E-state index is -4.67. The van der Waals surface area contributed by atoms with Crippen molar-refractivity contribution in [3.63, 3.8) is 0 Å². The van der Waals surface area contributed by atoms with Crippen LogP contribution in [0.4, 0.5) is 13.2 Å². The molecule has 146 valence electrons. The van der Waals surface area contributed by atoms with E-state index in [1.807, 2.05) is 5.38 Å². The highest BCUT2D eigenvalue weighted by Gasteiger charge is 2.31. The van der Waals surface area contributed by atoms with Gasteiger partial charge in [0, 0.05) is 40.9 Å². The number of rotatable bonds is 4. The van der Waals surface area contributed by atoms with Crippen molar-refractivity contribution < 1.29 is 17.9 Å². The topological polar surface area (TPSA) is 24.5 Å². The third-order valence-corrected chi connectivity index (χ3v) is 5.55. The molecule has 3 rings (SSSR count). The van der Waals surface area contributed by atoms with E-state index < -0.39 is 6.36 Å². The van der Waals surface area contributed by atoms with Gasteiger partial charge in [-0.15, -0.1) is 49.3 Å². The number of benzene rings is 1. The summed E-state index contributed by atoms with van der Waals surface area (Å²) in [5.41, 5.74) is 0.959. The Morgan fingerprint density at radius 1 is 1.12 bits per heavy atom. The van der Waals surface area contributed by atoms with E-state index in [2.05, 4.69) is 36.9 Å². The predicted molar refractivity (Wildman–Crippen MR) is 106 cm³/mol. The lowest BCUT2D eigenvalue weighted by atomic mass is 10.0. The first-order chi connectivity index (χ1) is 11.4. The summed E-state index contributed by atoms with van der Waals surface area (Å²) in [4.78, 5) is 3.50. The van der Waals surface area contributed by atoms with Crippen LogP contribution in [0.1, 0.15) is 16.5 Å². The van der Waals surface area contributed by atoms with Crippen molar-refractivity contribution in [3.8, 4) is 5.75 Å². The van der Waals surface area contributed by atoms with Crippen LogP contribution in [0.15, 0.2) is 40.2 Å². The standard InChI is InChI=1S/C16H16BrF3N2OS.2ClH/c17-12-9-14(24-10-12)15(22-7-5-21-6-8-22)11-1-3-13(4-2-11)23-16(18,19)20;;/h1-4,9-10,15,21H,5-8H2;2*1H/t15-;;/m0../s1. The molecule has 3 nitrogen and oxygen atoms in total. The zero-order valence-electron chi connectivity index (χ0n) is 13.5. The summed E-state index contributed by atoms with van der Waals surface area (Å²) in [6.07, 6.45) is -4.67. The van der Waals surface area contributed by atoms with Gasteiger partial charge >= 0.3 is 6.36 Å². The largest absolute Gasteiger partial charge is 0.573 e. The molecule has 0 spiro atoms. The second-order valence-electron chi connectivity index (χ2n) is 5.47. The van der Waals surface area contributed by atoms with Crippen LogP contribution in [0.5, 0.6) is 5.75 Å². The van der Waals surface area contributed by atoms with Gasteiger partial charge in [0.25, 0.3) is 0 Å².